The van der Waals surface area contributed by atoms with E-state index in [1.165, 1.54) is 20.1 Å². The Balaban J connectivity index is 2.74. The van der Waals surface area contributed by atoms with Crippen molar-refractivity contribution < 1.29 is 18.7 Å². The van der Waals surface area contributed by atoms with Gasteiger partial charge in [-0.1, -0.05) is 0 Å². The second kappa shape index (κ2) is 3.89. The number of carbonyl (C=O) groups excluding carboxylic acids is 2. The van der Waals surface area contributed by atoms with Crippen molar-refractivity contribution in [3.63, 3.8) is 0 Å². The SMILES string of the molecule is COC(=O)c1ccc(CC(C)=O)o1. The van der Waals surface area contributed by atoms with Crippen molar-refractivity contribution in [3.8, 4) is 0 Å². The van der Waals surface area contributed by atoms with Gasteiger partial charge in [0.2, 0.25) is 5.76 Å². The Bertz CT molecular complexity index is 324. The molecule has 0 fully saturated rings. The molecule has 0 radical (unpaired) electrons. The minimum Gasteiger partial charge on any atom is -0.463 e. The lowest BCUT2D eigenvalue weighted by molar-refractivity contribution is -0.116. The van der Waals surface area contributed by atoms with Crippen LogP contribution >= 0.6 is 0 Å². The number of hydrogen-bond acceptors (Lipinski definition) is 4. The third-order valence-electron chi connectivity index (χ3n) is 1.47. The van der Waals surface area contributed by atoms with E-state index in [9.17, 15) is 9.59 Å². The molecule has 0 aliphatic rings. The van der Waals surface area contributed by atoms with Crippen molar-refractivity contribution in [1.82, 2.24) is 0 Å². The lowest BCUT2D eigenvalue weighted by Gasteiger charge is -1.93. The summed E-state index contributed by atoms with van der Waals surface area (Å²) in [6.45, 7) is 1.46. The average molecular weight is 182 g/mol. The lowest BCUT2D eigenvalue weighted by Crippen LogP contribution is -1.99. The van der Waals surface area contributed by atoms with E-state index in [2.05, 4.69) is 4.74 Å². The lowest BCUT2D eigenvalue weighted by atomic mass is 10.2. The summed E-state index contributed by atoms with van der Waals surface area (Å²) in [4.78, 5) is 21.6. The van der Waals surface area contributed by atoms with E-state index in [0.717, 1.165) is 0 Å². The van der Waals surface area contributed by atoms with Crippen molar-refractivity contribution in [3.05, 3.63) is 23.7 Å². The summed E-state index contributed by atoms with van der Waals surface area (Å²) >= 11 is 0. The van der Waals surface area contributed by atoms with Crippen LogP contribution < -0.4 is 0 Å². The van der Waals surface area contributed by atoms with Crippen LogP contribution in [0, 0.1) is 0 Å². The van der Waals surface area contributed by atoms with E-state index in [0.29, 0.717) is 5.76 Å². The second-order valence-electron chi connectivity index (χ2n) is 2.64. The molecule has 0 aromatic carbocycles. The summed E-state index contributed by atoms with van der Waals surface area (Å²) in [5.41, 5.74) is 0. The molecule has 0 saturated heterocycles. The molecule has 4 heteroatoms. The van der Waals surface area contributed by atoms with E-state index >= 15 is 0 Å². The van der Waals surface area contributed by atoms with Crippen LogP contribution in [0.4, 0.5) is 0 Å². The van der Waals surface area contributed by atoms with Gasteiger partial charge in [0, 0.05) is 0 Å². The van der Waals surface area contributed by atoms with Gasteiger partial charge < -0.3 is 9.15 Å². The molecule has 0 unspecified atom stereocenters. The molecule has 0 bridgehead atoms. The fraction of sp³-hybridized carbons (Fsp3) is 0.333. The third-order valence-corrected chi connectivity index (χ3v) is 1.47. The molecule has 0 atom stereocenters. The maximum atomic E-state index is 10.9. The predicted octanol–water partition coefficient (Wildman–Crippen LogP) is 1.20. The number of Topliss-reactive ketones (excluding diaryl/α,β-unsaturated/α-hetero) is 1. The molecule has 0 aliphatic carbocycles. The molecule has 1 rings (SSSR count). The highest BCUT2D eigenvalue weighted by Gasteiger charge is 2.11. The zero-order valence-electron chi connectivity index (χ0n) is 7.49. The molecule has 70 valence electrons. The predicted molar refractivity (Wildman–Crippen MR) is 44.4 cm³/mol. The number of carbonyl (C=O) groups is 2. The summed E-state index contributed by atoms with van der Waals surface area (Å²) in [5.74, 6) is 0.0622. The van der Waals surface area contributed by atoms with E-state index in [1.807, 2.05) is 0 Å². The number of ether oxygens (including phenoxy) is 1. The molecule has 0 aliphatic heterocycles. The van der Waals surface area contributed by atoms with Gasteiger partial charge in [-0.15, -0.1) is 0 Å². The van der Waals surface area contributed by atoms with Crippen molar-refractivity contribution in [2.24, 2.45) is 0 Å². The van der Waals surface area contributed by atoms with Gasteiger partial charge in [0.05, 0.1) is 13.5 Å². The quantitative estimate of drug-likeness (QED) is 0.659. The first-order valence-electron chi connectivity index (χ1n) is 3.80. The Morgan fingerprint density at radius 2 is 2.15 bits per heavy atom. The van der Waals surface area contributed by atoms with Gasteiger partial charge in [-0.25, -0.2) is 4.79 Å². The molecule has 13 heavy (non-hydrogen) atoms. The minimum atomic E-state index is -0.533. The third kappa shape index (κ3) is 2.43. The first-order valence-corrected chi connectivity index (χ1v) is 3.80. The smallest absolute Gasteiger partial charge is 0.373 e. The summed E-state index contributed by atoms with van der Waals surface area (Å²) in [5, 5.41) is 0. The topological polar surface area (TPSA) is 56.5 Å². The molecule has 1 aromatic heterocycles. The number of methoxy groups -OCH3 is 1. The van der Waals surface area contributed by atoms with E-state index in [4.69, 9.17) is 4.42 Å². The first kappa shape index (κ1) is 9.51. The molecular weight excluding hydrogens is 172 g/mol. The molecule has 1 heterocycles. The largest absolute Gasteiger partial charge is 0.463 e. The number of rotatable bonds is 3. The summed E-state index contributed by atoms with van der Waals surface area (Å²) in [6, 6.07) is 3.08. The Labute approximate surface area is 75.5 Å². The van der Waals surface area contributed by atoms with Gasteiger partial charge >= 0.3 is 5.97 Å². The number of hydrogen-bond donors (Lipinski definition) is 0. The summed E-state index contributed by atoms with van der Waals surface area (Å²) < 4.78 is 9.49. The summed E-state index contributed by atoms with van der Waals surface area (Å²) in [6.07, 6.45) is 0.205. The molecular formula is C9H10O4. The molecule has 0 saturated carbocycles. The average Bonchev–Trinajstić information content (AvgIpc) is 2.50. The van der Waals surface area contributed by atoms with Crippen molar-refractivity contribution in [1.29, 1.82) is 0 Å². The highest BCUT2D eigenvalue weighted by Crippen LogP contribution is 2.09. The molecule has 4 nitrogen and oxygen atoms in total. The van der Waals surface area contributed by atoms with E-state index in [-0.39, 0.29) is 18.0 Å². The van der Waals surface area contributed by atoms with Crippen LogP contribution in [-0.2, 0) is 16.0 Å². The van der Waals surface area contributed by atoms with Crippen LogP contribution in [0.5, 0.6) is 0 Å². The monoisotopic (exact) mass is 182 g/mol. The fourth-order valence-corrected chi connectivity index (χ4v) is 0.929. The van der Waals surface area contributed by atoms with Crippen LogP contribution in [0.2, 0.25) is 0 Å². The number of ketones is 1. The van der Waals surface area contributed by atoms with Gasteiger partial charge in [-0.2, -0.15) is 0 Å². The Morgan fingerprint density at radius 3 is 2.69 bits per heavy atom. The molecule has 0 amide bonds. The number of esters is 1. The van der Waals surface area contributed by atoms with E-state index in [1.54, 1.807) is 6.07 Å². The van der Waals surface area contributed by atoms with Crippen molar-refractivity contribution in [2.45, 2.75) is 13.3 Å². The summed E-state index contributed by atoms with van der Waals surface area (Å²) in [7, 11) is 1.27. The van der Waals surface area contributed by atoms with Crippen LogP contribution in [0.15, 0.2) is 16.5 Å². The van der Waals surface area contributed by atoms with Crippen molar-refractivity contribution in [2.75, 3.05) is 7.11 Å². The molecule has 1 aromatic rings. The van der Waals surface area contributed by atoms with Crippen molar-refractivity contribution >= 4 is 11.8 Å². The fourth-order valence-electron chi connectivity index (χ4n) is 0.929. The molecule has 0 N–H and O–H groups in total. The van der Waals surface area contributed by atoms with Crippen LogP contribution in [0.1, 0.15) is 23.2 Å². The van der Waals surface area contributed by atoms with Gasteiger partial charge in [0.25, 0.3) is 0 Å². The highest BCUT2D eigenvalue weighted by molar-refractivity contribution is 5.86. The van der Waals surface area contributed by atoms with Gasteiger partial charge in [-0.05, 0) is 19.1 Å². The number of furan rings is 1. The standard InChI is InChI=1S/C9H10O4/c1-6(10)5-7-3-4-8(13-7)9(11)12-2/h3-4H,5H2,1-2H3. The van der Waals surface area contributed by atoms with Crippen LogP contribution in [0.25, 0.3) is 0 Å². The van der Waals surface area contributed by atoms with Crippen LogP contribution in [0.3, 0.4) is 0 Å². The normalized spacial score (nSPS) is 9.69. The van der Waals surface area contributed by atoms with E-state index < -0.39 is 5.97 Å². The zero-order valence-corrected chi connectivity index (χ0v) is 7.49. The molecule has 0 spiro atoms. The van der Waals surface area contributed by atoms with Gasteiger partial charge in [-0.3, -0.25) is 4.79 Å². The Kier molecular flexibility index (Phi) is 2.84. The maximum Gasteiger partial charge on any atom is 0.373 e. The minimum absolute atomic E-state index is 0.00855. The zero-order chi connectivity index (χ0) is 9.84. The van der Waals surface area contributed by atoms with Gasteiger partial charge in [0.1, 0.15) is 11.5 Å². The Hall–Kier alpha value is -1.58. The van der Waals surface area contributed by atoms with Gasteiger partial charge in [0.15, 0.2) is 0 Å². The highest BCUT2D eigenvalue weighted by atomic mass is 16.5. The second-order valence-corrected chi connectivity index (χ2v) is 2.64. The van der Waals surface area contributed by atoms with Crippen LogP contribution in [-0.4, -0.2) is 18.9 Å². The first-order chi connectivity index (χ1) is 6.13. The maximum absolute atomic E-state index is 10.9. The Morgan fingerprint density at radius 1 is 1.46 bits per heavy atom.